The second-order valence-electron chi connectivity index (χ2n) is 4.98. The van der Waals surface area contributed by atoms with Crippen molar-refractivity contribution in [3.05, 3.63) is 46.2 Å². The molecule has 0 bridgehead atoms. The van der Waals surface area contributed by atoms with E-state index < -0.39 is 0 Å². The summed E-state index contributed by atoms with van der Waals surface area (Å²) in [4.78, 5) is 12.8. The molecule has 1 aromatic carbocycles. The van der Waals surface area contributed by atoms with Gasteiger partial charge in [0.15, 0.2) is 0 Å². The molecule has 5 nitrogen and oxygen atoms in total. The zero-order valence-electron chi connectivity index (χ0n) is 11.7. The Balaban J connectivity index is 1.82. The predicted octanol–water partition coefficient (Wildman–Crippen LogP) is 2.51. The third-order valence-electron chi connectivity index (χ3n) is 3.62. The van der Waals surface area contributed by atoms with Crippen molar-refractivity contribution >= 4 is 27.4 Å². The van der Waals surface area contributed by atoms with Crippen LogP contribution in [-0.2, 0) is 17.7 Å². The van der Waals surface area contributed by atoms with Crippen LogP contribution in [0.3, 0.4) is 0 Å². The minimum atomic E-state index is -0.239. The standard InChI is InChI=1S/C15H16BrN3O2/c1-21-7-6-19-14(11(16)9-17-19)15(20)13-8-10-4-2-3-5-12(10)18-13/h2-5,9,13,18H,6-8H2,1H3. The number of rotatable bonds is 5. The zero-order valence-corrected chi connectivity index (χ0v) is 13.3. The molecule has 0 saturated carbocycles. The number of anilines is 1. The summed E-state index contributed by atoms with van der Waals surface area (Å²) in [5, 5.41) is 7.53. The van der Waals surface area contributed by atoms with Crippen LogP contribution in [0.4, 0.5) is 5.69 Å². The smallest absolute Gasteiger partial charge is 0.204 e. The van der Waals surface area contributed by atoms with E-state index in [1.54, 1.807) is 18.0 Å². The van der Waals surface area contributed by atoms with Crippen molar-refractivity contribution in [1.29, 1.82) is 0 Å². The molecule has 1 aliphatic rings. The lowest BCUT2D eigenvalue weighted by Crippen LogP contribution is -2.30. The van der Waals surface area contributed by atoms with Crippen molar-refractivity contribution in [2.24, 2.45) is 0 Å². The number of ether oxygens (including phenoxy) is 1. The van der Waals surface area contributed by atoms with Gasteiger partial charge in [-0.05, 0) is 27.6 Å². The number of para-hydroxylation sites is 1. The van der Waals surface area contributed by atoms with Gasteiger partial charge in [-0.2, -0.15) is 5.10 Å². The second-order valence-corrected chi connectivity index (χ2v) is 5.83. The van der Waals surface area contributed by atoms with Crippen LogP contribution in [0.5, 0.6) is 0 Å². The lowest BCUT2D eigenvalue weighted by molar-refractivity contribution is 0.0956. The first-order valence-electron chi connectivity index (χ1n) is 6.79. The number of ketones is 1. The molecule has 1 atom stereocenters. The van der Waals surface area contributed by atoms with Crippen LogP contribution in [0.2, 0.25) is 0 Å². The molecule has 1 aliphatic heterocycles. The first kappa shape index (κ1) is 14.3. The predicted molar refractivity (Wildman–Crippen MR) is 83.7 cm³/mol. The van der Waals surface area contributed by atoms with Crippen molar-refractivity contribution in [3.63, 3.8) is 0 Å². The normalized spacial score (nSPS) is 16.6. The molecular weight excluding hydrogens is 334 g/mol. The summed E-state index contributed by atoms with van der Waals surface area (Å²) >= 11 is 3.42. The van der Waals surface area contributed by atoms with E-state index in [0.717, 1.165) is 10.2 Å². The number of nitrogens with one attached hydrogen (secondary N) is 1. The van der Waals surface area contributed by atoms with Gasteiger partial charge in [0, 0.05) is 19.2 Å². The Hall–Kier alpha value is -1.66. The van der Waals surface area contributed by atoms with E-state index >= 15 is 0 Å². The van der Waals surface area contributed by atoms with Crippen LogP contribution >= 0.6 is 15.9 Å². The minimum absolute atomic E-state index is 0.0479. The van der Waals surface area contributed by atoms with Crippen LogP contribution in [0, 0.1) is 0 Å². The molecule has 1 N–H and O–H groups in total. The van der Waals surface area contributed by atoms with Gasteiger partial charge in [0.1, 0.15) is 5.69 Å². The molecule has 1 aromatic heterocycles. The molecule has 0 radical (unpaired) electrons. The summed E-state index contributed by atoms with van der Waals surface area (Å²) in [7, 11) is 1.63. The van der Waals surface area contributed by atoms with Gasteiger partial charge in [-0.1, -0.05) is 18.2 Å². The van der Waals surface area contributed by atoms with Gasteiger partial charge in [-0.15, -0.1) is 0 Å². The first-order chi connectivity index (χ1) is 10.2. The molecule has 0 aliphatic carbocycles. The maximum atomic E-state index is 12.8. The molecule has 0 saturated heterocycles. The quantitative estimate of drug-likeness (QED) is 0.842. The fourth-order valence-electron chi connectivity index (χ4n) is 2.58. The highest BCUT2D eigenvalue weighted by atomic mass is 79.9. The third kappa shape index (κ3) is 2.73. The zero-order chi connectivity index (χ0) is 14.8. The van der Waals surface area contributed by atoms with Gasteiger partial charge in [-0.25, -0.2) is 0 Å². The van der Waals surface area contributed by atoms with E-state index in [1.807, 2.05) is 24.3 Å². The second kappa shape index (κ2) is 5.99. The number of benzene rings is 1. The van der Waals surface area contributed by atoms with Crippen molar-refractivity contribution in [2.75, 3.05) is 19.0 Å². The molecule has 21 heavy (non-hydrogen) atoms. The number of Topliss-reactive ketones (excluding diaryl/α,β-unsaturated/α-hetero) is 1. The number of halogens is 1. The average Bonchev–Trinajstić information content (AvgIpc) is 3.08. The highest BCUT2D eigenvalue weighted by Crippen LogP contribution is 2.28. The van der Waals surface area contributed by atoms with Crippen LogP contribution < -0.4 is 5.32 Å². The molecule has 6 heteroatoms. The summed E-state index contributed by atoms with van der Waals surface area (Å²) in [5.74, 6) is 0.0479. The lowest BCUT2D eigenvalue weighted by Gasteiger charge is -2.12. The summed E-state index contributed by atoms with van der Waals surface area (Å²) in [6, 6.07) is 7.77. The van der Waals surface area contributed by atoms with E-state index in [4.69, 9.17) is 4.74 Å². The molecular formula is C15H16BrN3O2. The molecule has 1 unspecified atom stereocenters. The van der Waals surface area contributed by atoms with Crippen molar-refractivity contribution in [1.82, 2.24) is 9.78 Å². The Morgan fingerprint density at radius 1 is 1.52 bits per heavy atom. The molecule has 0 fully saturated rings. The fourth-order valence-corrected chi connectivity index (χ4v) is 3.07. The number of aromatic nitrogens is 2. The van der Waals surface area contributed by atoms with Crippen molar-refractivity contribution in [3.8, 4) is 0 Å². The van der Waals surface area contributed by atoms with E-state index in [1.165, 1.54) is 5.56 Å². The molecule has 110 valence electrons. The van der Waals surface area contributed by atoms with Gasteiger partial charge >= 0.3 is 0 Å². The molecule has 0 amide bonds. The van der Waals surface area contributed by atoms with Crippen LogP contribution in [0.25, 0.3) is 0 Å². The maximum absolute atomic E-state index is 12.8. The monoisotopic (exact) mass is 349 g/mol. The molecule has 2 aromatic rings. The summed E-state index contributed by atoms with van der Waals surface area (Å²) in [6.07, 6.45) is 2.36. The minimum Gasteiger partial charge on any atom is -0.383 e. The number of hydrogen-bond acceptors (Lipinski definition) is 4. The largest absolute Gasteiger partial charge is 0.383 e. The topological polar surface area (TPSA) is 56.2 Å². The Morgan fingerprint density at radius 3 is 3.10 bits per heavy atom. The molecule has 0 spiro atoms. The Labute approximate surface area is 131 Å². The molecule has 2 heterocycles. The first-order valence-corrected chi connectivity index (χ1v) is 7.59. The Kier molecular flexibility index (Phi) is 4.07. The van der Waals surface area contributed by atoms with Gasteiger partial charge in [0.2, 0.25) is 5.78 Å². The number of nitrogens with zero attached hydrogens (tertiary/aromatic N) is 2. The number of carbonyl (C=O) groups is 1. The van der Waals surface area contributed by atoms with Crippen LogP contribution in [0.15, 0.2) is 34.9 Å². The highest BCUT2D eigenvalue weighted by Gasteiger charge is 2.30. The SMILES string of the molecule is COCCn1ncc(Br)c1C(=O)C1Cc2ccccc2N1. The van der Waals surface area contributed by atoms with Crippen molar-refractivity contribution in [2.45, 2.75) is 19.0 Å². The van der Waals surface area contributed by atoms with E-state index in [0.29, 0.717) is 25.3 Å². The van der Waals surface area contributed by atoms with E-state index in [2.05, 4.69) is 26.3 Å². The molecule has 3 rings (SSSR count). The van der Waals surface area contributed by atoms with E-state index in [9.17, 15) is 4.79 Å². The van der Waals surface area contributed by atoms with Crippen molar-refractivity contribution < 1.29 is 9.53 Å². The Bertz CT molecular complexity index is 644. The maximum Gasteiger partial charge on any atom is 0.204 e. The van der Waals surface area contributed by atoms with Gasteiger partial charge in [0.25, 0.3) is 0 Å². The van der Waals surface area contributed by atoms with Crippen LogP contribution in [-0.4, -0.2) is 35.3 Å². The highest BCUT2D eigenvalue weighted by molar-refractivity contribution is 9.10. The lowest BCUT2D eigenvalue weighted by atomic mass is 10.1. The number of carbonyl (C=O) groups excluding carboxylic acids is 1. The average molecular weight is 350 g/mol. The van der Waals surface area contributed by atoms with E-state index in [-0.39, 0.29) is 11.8 Å². The summed E-state index contributed by atoms with van der Waals surface area (Å²) in [5.41, 5.74) is 2.81. The summed E-state index contributed by atoms with van der Waals surface area (Å²) < 4.78 is 7.48. The Morgan fingerprint density at radius 2 is 2.33 bits per heavy atom. The summed E-state index contributed by atoms with van der Waals surface area (Å²) in [6.45, 7) is 1.08. The van der Waals surface area contributed by atoms with Gasteiger partial charge in [-0.3, -0.25) is 9.48 Å². The van der Waals surface area contributed by atoms with Gasteiger partial charge < -0.3 is 10.1 Å². The van der Waals surface area contributed by atoms with Crippen LogP contribution in [0.1, 0.15) is 16.1 Å². The fraction of sp³-hybridized carbons (Fsp3) is 0.333. The van der Waals surface area contributed by atoms with Gasteiger partial charge in [0.05, 0.1) is 29.9 Å². The third-order valence-corrected chi connectivity index (χ3v) is 4.20. The number of hydrogen-bond donors (Lipinski definition) is 1. The number of methoxy groups -OCH3 is 1. The number of fused-ring (bicyclic) bond motifs is 1.